The van der Waals surface area contributed by atoms with Crippen molar-refractivity contribution >= 4 is 11.3 Å². The highest BCUT2D eigenvalue weighted by Gasteiger charge is 2.08. The van der Waals surface area contributed by atoms with Crippen LogP contribution < -0.4 is 5.73 Å². The van der Waals surface area contributed by atoms with E-state index in [9.17, 15) is 0 Å². The number of hydrogen-bond acceptors (Lipinski definition) is 5. The number of rotatable bonds is 3. The molecule has 0 unspecified atom stereocenters. The molecule has 2 aromatic heterocycles. The van der Waals surface area contributed by atoms with Gasteiger partial charge in [0.05, 0.1) is 17.1 Å². The van der Waals surface area contributed by atoms with Gasteiger partial charge in [-0.3, -0.25) is 0 Å². The largest absolute Gasteiger partial charge is 0.326 e. The number of hydrogen-bond donors (Lipinski definition) is 1. The molecule has 2 rings (SSSR count). The molecule has 0 aliphatic heterocycles. The van der Waals surface area contributed by atoms with E-state index in [-0.39, 0.29) is 0 Å². The van der Waals surface area contributed by atoms with Gasteiger partial charge in [0.2, 0.25) is 0 Å². The Balaban J connectivity index is 2.28. The van der Waals surface area contributed by atoms with Crippen LogP contribution in [-0.2, 0) is 13.0 Å². The van der Waals surface area contributed by atoms with Crippen molar-refractivity contribution in [1.82, 2.24) is 15.0 Å². The van der Waals surface area contributed by atoms with Crippen molar-refractivity contribution in [3.8, 4) is 0 Å². The van der Waals surface area contributed by atoms with Gasteiger partial charge in [0.25, 0.3) is 0 Å². The van der Waals surface area contributed by atoms with E-state index in [0.29, 0.717) is 13.0 Å². The second-order valence-corrected chi connectivity index (χ2v) is 5.09. The second kappa shape index (κ2) is 4.89. The van der Waals surface area contributed by atoms with Crippen molar-refractivity contribution in [2.45, 2.75) is 33.7 Å². The first-order valence-electron chi connectivity index (χ1n) is 5.54. The fraction of sp³-hybridized carbons (Fsp3) is 0.417. The Morgan fingerprint density at radius 2 is 1.76 bits per heavy atom. The maximum atomic E-state index is 5.67. The molecule has 0 spiro atoms. The van der Waals surface area contributed by atoms with Crippen LogP contribution in [-0.4, -0.2) is 15.0 Å². The molecule has 4 nitrogen and oxygen atoms in total. The lowest BCUT2D eigenvalue weighted by Crippen LogP contribution is -2.09. The predicted molar refractivity (Wildman–Crippen MR) is 69.1 cm³/mol. The molecule has 0 aliphatic rings. The van der Waals surface area contributed by atoms with Gasteiger partial charge in [-0.2, -0.15) is 0 Å². The molecule has 2 heterocycles. The minimum atomic E-state index is 0.494. The van der Waals surface area contributed by atoms with Crippen LogP contribution in [0.3, 0.4) is 0 Å². The summed E-state index contributed by atoms with van der Waals surface area (Å²) in [5, 5.41) is 3.13. The van der Waals surface area contributed by atoms with Gasteiger partial charge < -0.3 is 5.73 Å². The number of nitrogens with zero attached hydrogens (tertiary/aromatic N) is 3. The van der Waals surface area contributed by atoms with Gasteiger partial charge in [-0.15, -0.1) is 11.3 Å². The lowest BCUT2D eigenvalue weighted by molar-refractivity contribution is 0.857. The highest BCUT2D eigenvalue weighted by molar-refractivity contribution is 7.09. The molecule has 0 aliphatic carbocycles. The van der Waals surface area contributed by atoms with Gasteiger partial charge >= 0.3 is 0 Å². The first kappa shape index (κ1) is 12.1. The Labute approximate surface area is 105 Å². The topological polar surface area (TPSA) is 64.7 Å². The number of thiazole rings is 1. The third kappa shape index (κ3) is 2.68. The fourth-order valence-electron chi connectivity index (χ4n) is 1.83. The van der Waals surface area contributed by atoms with E-state index < -0.39 is 0 Å². The zero-order valence-corrected chi connectivity index (χ0v) is 11.1. The molecule has 0 atom stereocenters. The van der Waals surface area contributed by atoms with E-state index in [2.05, 4.69) is 20.3 Å². The zero-order valence-electron chi connectivity index (χ0n) is 10.3. The summed E-state index contributed by atoms with van der Waals surface area (Å²) in [5.74, 6) is 0.822. The van der Waals surface area contributed by atoms with Crippen molar-refractivity contribution in [1.29, 1.82) is 0 Å². The van der Waals surface area contributed by atoms with Crippen molar-refractivity contribution < 1.29 is 0 Å². The summed E-state index contributed by atoms with van der Waals surface area (Å²) in [7, 11) is 0. The maximum Gasteiger partial charge on any atom is 0.134 e. The number of nitrogens with two attached hydrogens (primary N) is 1. The predicted octanol–water partition coefficient (Wildman–Crippen LogP) is 1.91. The van der Waals surface area contributed by atoms with E-state index in [1.54, 1.807) is 11.3 Å². The summed E-state index contributed by atoms with van der Waals surface area (Å²) < 4.78 is 0. The standard InChI is InChI=1S/C12H16N4S/c1-7-11(5-13)8(2)15-12(14-7)4-10-6-17-9(3)16-10/h6H,4-5,13H2,1-3H3. The van der Waals surface area contributed by atoms with Gasteiger partial charge in [-0.25, -0.2) is 15.0 Å². The monoisotopic (exact) mass is 248 g/mol. The first-order chi connectivity index (χ1) is 8.10. The Morgan fingerprint density at radius 3 is 2.24 bits per heavy atom. The average Bonchev–Trinajstić information content (AvgIpc) is 2.63. The molecular weight excluding hydrogens is 232 g/mol. The van der Waals surface area contributed by atoms with Crippen LogP contribution in [0.1, 0.15) is 33.5 Å². The van der Waals surface area contributed by atoms with E-state index >= 15 is 0 Å². The van der Waals surface area contributed by atoms with Crippen molar-refractivity contribution in [3.05, 3.63) is 38.9 Å². The third-order valence-corrected chi connectivity index (χ3v) is 3.50. The molecule has 0 fully saturated rings. The average molecular weight is 248 g/mol. The highest BCUT2D eigenvalue weighted by Crippen LogP contribution is 2.14. The van der Waals surface area contributed by atoms with Gasteiger partial charge in [0.1, 0.15) is 5.82 Å². The summed E-state index contributed by atoms with van der Waals surface area (Å²) in [6, 6.07) is 0. The minimum absolute atomic E-state index is 0.494. The molecule has 0 bridgehead atoms. The van der Waals surface area contributed by atoms with Gasteiger partial charge in [-0.05, 0) is 20.8 Å². The van der Waals surface area contributed by atoms with Crippen molar-refractivity contribution in [3.63, 3.8) is 0 Å². The normalized spacial score (nSPS) is 10.8. The van der Waals surface area contributed by atoms with Crippen molar-refractivity contribution in [2.75, 3.05) is 0 Å². The molecule has 0 saturated carbocycles. The van der Waals surface area contributed by atoms with Crippen LogP contribution in [0.15, 0.2) is 5.38 Å². The summed E-state index contributed by atoms with van der Waals surface area (Å²) in [4.78, 5) is 13.4. The van der Waals surface area contributed by atoms with Gasteiger partial charge in [-0.1, -0.05) is 0 Å². The molecule has 0 saturated heterocycles. The lowest BCUT2D eigenvalue weighted by atomic mass is 10.1. The van der Waals surface area contributed by atoms with Crippen LogP contribution in [0.2, 0.25) is 0 Å². The molecule has 90 valence electrons. The van der Waals surface area contributed by atoms with E-state index in [1.165, 1.54) is 0 Å². The SMILES string of the molecule is Cc1nc(Cc2nc(C)c(CN)c(C)n2)cs1. The fourth-order valence-corrected chi connectivity index (χ4v) is 2.45. The molecule has 2 N–H and O–H groups in total. The Morgan fingerprint density at radius 1 is 1.12 bits per heavy atom. The Kier molecular flexibility index (Phi) is 3.49. The second-order valence-electron chi connectivity index (χ2n) is 4.03. The maximum absolute atomic E-state index is 5.67. The van der Waals surface area contributed by atoms with E-state index in [4.69, 9.17) is 5.73 Å². The lowest BCUT2D eigenvalue weighted by Gasteiger charge is -2.08. The summed E-state index contributed by atoms with van der Waals surface area (Å²) >= 11 is 1.65. The molecule has 2 aromatic rings. The number of aryl methyl sites for hydroxylation is 3. The first-order valence-corrected chi connectivity index (χ1v) is 6.42. The van der Waals surface area contributed by atoms with Gasteiger partial charge in [0, 0.05) is 28.9 Å². The molecular formula is C12H16N4S. The van der Waals surface area contributed by atoms with Crippen LogP contribution in [0, 0.1) is 20.8 Å². The van der Waals surface area contributed by atoms with Crippen LogP contribution in [0.5, 0.6) is 0 Å². The van der Waals surface area contributed by atoms with Crippen molar-refractivity contribution in [2.24, 2.45) is 5.73 Å². The zero-order chi connectivity index (χ0) is 12.4. The highest BCUT2D eigenvalue weighted by atomic mass is 32.1. The molecule has 5 heteroatoms. The summed E-state index contributed by atoms with van der Waals surface area (Å²) in [5.41, 5.74) is 9.69. The smallest absolute Gasteiger partial charge is 0.134 e. The van der Waals surface area contributed by atoms with E-state index in [1.807, 2.05) is 20.8 Å². The Hall–Kier alpha value is -1.33. The van der Waals surface area contributed by atoms with Gasteiger partial charge in [0.15, 0.2) is 0 Å². The van der Waals surface area contributed by atoms with Crippen LogP contribution in [0.25, 0.3) is 0 Å². The van der Waals surface area contributed by atoms with Crippen LogP contribution in [0.4, 0.5) is 0 Å². The van der Waals surface area contributed by atoms with E-state index in [0.717, 1.165) is 33.5 Å². The Bertz CT molecular complexity index is 510. The molecule has 0 aromatic carbocycles. The minimum Gasteiger partial charge on any atom is -0.326 e. The molecule has 17 heavy (non-hydrogen) atoms. The quantitative estimate of drug-likeness (QED) is 0.901. The van der Waals surface area contributed by atoms with Crippen LogP contribution >= 0.6 is 11.3 Å². The summed E-state index contributed by atoms with van der Waals surface area (Å²) in [6.07, 6.45) is 0.691. The summed E-state index contributed by atoms with van der Waals surface area (Å²) in [6.45, 7) is 6.45. The third-order valence-electron chi connectivity index (χ3n) is 2.68. The molecule has 0 amide bonds. The molecule has 0 radical (unpaired) electrons. The number of aromatic nitrogens is 3.